The number of sulfonamides is 1. The number of halogens is 3. The lowest BCUT2D eigenvalue weighted by Crippen LogP contribution is -2.40. The number of rotatable bonds is 7. The van der Waals surface area contributed by atoms with Crippen molar-refractivity contribution < 1.29 is 31.1 Å². The summed E-state index contributed by atoms with van der Waals surface area (Å²) in [6.07, 6.45) is -0.784. The number of carbonyl (C=O) groups is 1. The molecule has 1 aromatic carbocycles. The predicted molar refractivity (Wildman–Crippen MR) is 111 cm³/mol. The van der Waals surface area contributed by atoms with E-state index in [1.807, 2.05) is 0 Å². The van der Waals surface area contributed by atoms with Crippen molar-refractivity contribution in [1.82, 2.24) is 14.7 Å². The first-order valence-electron chi connectivity index (χ1n) is 9.53. The highest BCUT2D eigenvalue weighted by Gasteiger charge is 2.36. The summed E-state index contributed by atoms with van der Waals surface area (Å²) in [4.78, 5) is 23.0. The van der Waals surface area contributed by atoms with E-state index in [9.17, 15) is 26.4 Å². The zero-order valence-electron chi connectivity index (χ0n) is 17.1. The summed E-state index contributed by atoms with van der Waals surface area (Å²) in [5.74, 6) is -4.16. The van der Waals surface area contributed by atoms with Crippen LogP contribution >= 0.6 is 0 Å². The number of piperidine rings is 1. The number of benzene rings is 1. The average Bonchev–Trinajstić information content (AvgIpc) is 2.74. The van der Waals surface area contributed by atoms with E-state index in [-0.39, 0.29) is 42.6 Å². The van der Waals surface area contributed by atoms with E-state index in [0.717, 1.165) is 0 Å². The van der Waals surface area contributed by atoms with Gasteiger partial charge in [0, 0.05) is 44.0 Å². The molecule has 1 amide bonds. The summed E-state index contributed by atoms with van der Waals surface area (Å²) in [5.41, 5.74) is 0.178. The van der Waals surface area contributed by atoms with Gasteiger partial charge in [-0.25, -0.2) is 36.3 Å². The SMILES string of the molecule is C=CS(=O)(=O)NC(=O)c1nc(-c2ccc(F)cc2)c(N2CCC(F)(F)CC2)nc1COC. The first kappa shape index (κ1) is 23.7. The maximum atomic E-state index is 13.7. The molecule has 1 aromatic heterocycles. The second-order valence-electron chi connectivity index (χ2n) is 7.12. The van der Waals surface area contributed by atoms with Gasteiger partial charge >= 0.3 is 0 Å². The van der Waals surface area contributed by atoms with Gasteiger partial charge in [-0.05, 0) is 24.3 Å². The Hall–Kier alpha value is -2.99. The van der Waals surface area contributed by atoms with Crippen molar-refractivity contribution in [1.29, 1.82) is 0 Å². The Kier molecular flexibility index (Phi) is 6.84. The third kappa shape index (κ3) is 5.43. The van der Waals surface area contributed by atoms with E-state index in [1.54, 1.807) is 9.62 Å². The molecule has 1 aliphatic rings. The van der Waals surface area contributed by atoms with Gasteiger partial charge in [0.25, 0.3) is 21.9 Å². The van der Waals surface area contributed by atoms with E-state index in [0.29, 0.717) is 11.0 Å². The molecule has 32 heavy (non-hydrogen) atoms. The molecule has 12 heteroatoms. The smallest absolute Gasteiger partial charge is 0.285 e. The van der Waals surface area contributed by atoms with E-state index in [4.69, 9.17) is 4.74 Å². The lowest BCUT2D eigenvalue weighted by atomic mass is 10.1. The minimum absolute atomic E-state index is 0.0152. The van der Waals surface area contributed by atoms with Crippen molar-refractivity contribution in [3.63, 3.8) is 0 Å². The number of methoxy groups -OCH3 is 1. The van der Waals surface area contributed by atoms with E-state index in [2.05, 4.69) is 16.5 Å². The molecule has 8 nitrogen and oxygen atoms in total. The molecule has 0 bridgehead atoms. The minimum Gasteiger partial charge on any atom is -0.378 e. The topological polar surface area (TPSA) is 101 Å². The van der Waals surface area contributed by atoms with E-state index < -0.39 is 40.5 Å². The number of aromatic nitrogens is 2. The molecule has 0 saturated carbocycles. The van der Waals surface area contributed by atoms with Gasteiger partial charge in [-0.3, -0.25) is 4.79 Å². The Balaban J connectivity index is 2.15. The summed E-state index contributed by atoms with van der Waals surface area (Å²) >= 11 is 0. The van der Waals surface area contributed by atoms with Crippen molar-refractivity contribution in [2.45, 2.75) is 25.4 Å². The van der Waals surface area contributed by atoms with Crippen LogP contribution in [0.4, 0.5) is 19.0 Å². The molecule has 0 unspecified atom stereocenters. The number of anilines is 1. The number of carbonyl (C=O) groups excluding carboxylic acids is 1. The lowest BCUT2D eigenvalue weighted by Gasteiger charge is -2.33. The quantitative estimate of drug-likeness (QED) is 0.664. The zero-order valence-corrected chi connectivity index (χ0v) is 18.0. The summed E-state index contributed by atoms with van der Waals surface area (Å²) in [6, 6.07) is 5.16. The molecule has 0 aliphatic carbocycles. The van der Waals surface area contributed by atoms with Crippen molar-refractivity contribution in [2.75, 3.05) is 25.1 Å². The van der Waals surface area contributed by atoms with Crippen molar-refractivity contribution in [2.24, 2.45) is 0 Å². The maximum absolute atomic E-state index is 13.7. The summed E-state index contributed by atoms with van der Waals surface area (Å²) in [6.45, 7) is 2.91. The highest BCUT2D eigenvalue weighted by molar-refractivity contribution is 7.92. The monoisotopic (exact) mass is 470 g/mol. The molecule has 3 rings (SSSR count). The summed E-state index contributed by atoms with van der Waals surface area (Å²) < 4.78 is 71.2. The van der Waals surface area contributed by atoms with Crippen molar-refractivity contribution in [3.8, 4) is 11.3 Å². The van der Waals surface area contributed by atoms with Crippen LogP contribution in [0.25, 0.3) is 11.3 Å². The van der Waals surface area contributed by atoms with Gasteiger partial charge in [0.05, 0.1) is 12.3 Å². The van der Waals surface area contributed by atoms with E-state index >= 15 is 0 Å². The summed E-state index contributed by atoms with van der Waals surface area (Å²) in [5, 5.41) is 0.567. The van der Waals surface area contributed by atoms with Crippen molar-refractivity contribution >= 4 is 21.7 Å². The Morgan fingerprint density at radius 2 is 1.88 bits per heavy atom. The molecule has 2 aromatic rings. The molecule has 172 valence electrons. The molecule has 1 fully saturated rings. The molecule has 1 saturated heterocycles. The fourth-order valence-electron chi connectivity index (χ4n) is 3.17. The molecule has 2 heterocycles. The van der Waals surface area contributed by atoms with Crippen LogP contribution in [0.5, 0.6) is 0 Å². The molecule has 0 atom stereocenters. The van der Waals surface area contributed by atoms with Crippen LogP contribution in [0.3, 0.4) is 0 Å². The Morgan fingerprint density at radius 1 is 1.25 bits per heavy atom. The molecule has 1 aliphatic heterocycles. The lowest BCUT2D eigenvalue weighted by molar-refractivity contribution is -0.0221. The molecular weight excluding hydrogens is 449 g/mol. The zero-order chi connectivity index (χ0) is 23.5. The van der Waals surface area contributed by atoms with E-state index in [1.165, 1.54) is 31.4 Å². The maximum Gasteiger partial charge on any atom is 0.285 e. The number of hydrogen-bond acceptors (Lipinski definition) is 7. The molecule has 0 spiro atoms. The fraction of sp³-hybridized carbons (Fsp3) is 0.350. The van der Waals surface area contributed by atoms with Gasteiger partial charge in [0.1, 0.15) is 11.5 Å². The van der Waals surface area contributed by atoms with Crippen LogP contribution in [0.2, 0.25) is 0 Å². The Labute approximate surface area is 183 Å². The highest BCUT2D eigenvalue weighted by Crippen LogP contribution is 2.34. The Bertz CT molecular complexity index is 1110. The second-order valence-corrected chi connectivity index (χ2v) is 8.74. The average molecular weight is 470 g/mol. The van der Waals surface area contributed by atoms with Gasteiger partial charge in [-0.2, -0.15) is 0 Å². The number of nitrogens with zero attached hydrogens (tertiary/aromatic N) is 3. The number of nitrogens with one attached hydrogen (secondary N) is 1. The van der Waals surface area contributed by atoms with Crippen LogP contribution in [-0.4, -0.2) is 50.4 Å². The second kappa shape index (κ2) is 9.25. The summed E-state index contributed by atoms with van der Waals surface area (Å²) in [7, 11) is -2.77. The first-order valence-corrected chi connectivity index (χ1v) is 11.1. The standard InChI is InChI=1S/C20H21F3N4O4S/c1-3-32(29,30)26-19(28)17-15(12-31-2)24-18(27-10-8-20(22,23)9-11-27)16(25-17)13-4-6-14(21)7-5-13/h3-7H,1,8-12H2,2H3,(H,26,28). The molecule has 0 radical (unpaired) electrons. The Morgan fingerprint density at radius 3 is 2.44 bits per heavy atom. The van der Waals surface area contributed by atoms with Crippen molar-refractivity contribution in [3.05, 3.63) is 53.5 Å². The van der Waals surface area contributed by atoms with Crippen LogP contribution in [-0.2, 0) is 21.4 Å². The normalized spacial score (nSPS) is 15.9. The highest BCUT2D eigenvalue weighted by atomic mass is 32.2. The molecular formula is C20H21F3N4O4S. The number of hydrogen-bond donors (Lipinski definition) is 1. The largest absolute Gasteiger partial charge is 0.378 e. The number of alkyl halides is 2. The third-order valence-electron chi connectivity index (χ3n) is 4.81. The van der Waals surface area contributed by atoms with Crippen LogP contribution in [0.1, 0.15) is 29.0 Å². The van der Waals surface area contributed by atoms with Crippen LogP contribution < -0.4 is 9.62 Å². The number of ether oxygens (including phenoxy) is 1. The van der Waals surface area contributed by atoms with Gasteiger partial charge in [0.2, 0.25) is 0 Å². The molecule has 1 N–H and O–H groups in total. The van der Waals surface area contributed by atoms with Gasteiger partial charge in [-0.1, -0.05) is 6.58 Å². The van der Waals surface area contributed by atoms with Crippen LogP contribution in [0.15, 0.2) is 36.3 Å². The minimum atomic E-state index is -4.11. The van der Waals surface area contributed by atoms with Gasteiger partial charge in [0.15, 0.2) is 11.5 Å². The van der Waals surface area contributed by atoms with Gasteiger partial charge < -0.3 is 9.64 Å². The fourth-order valence-corrected chi connectivity index (χ4v) is 3.60. The number of amides is 1. The van der Waals surface area contributed by atoms with Gasteiger partial charge in [-0.15, -0.1) is 0 Å². The predicted octanol–water partition coefficient (Wildman–Crippen LogP) is 2.87. The van der Waals surface area contributed by atoms with Crippen LogP contribution in [0, 0.1) is 5.82 Å². The first-order chi connectivity index (χ1) is 15.0. The third-order valence-corrected chi connectivity index (χ3v) is 5.72.